The van der Waals surface area contributed by atoms with Crippen molar-refractivity contribution in [2.75, 3.05) is 11.5 Å². The average Bonchev–Trinajstić information content (AvgIpc) is 2.61. The fraction of sp³-hybridized carbons (Fsp3) is 0.667. The molecule has 136 valence electrons. The molecule has 3 N–H and O–H groups in total. The summed E-state index contributed by atoms with van der Waals surface area (Å²) >= 11 is 3.76. The van der Waals surface area contributed by atoms with Gasteiger partial charge in [-0.3, -0.25) is 15.2 Å². The highest BCUT2D eigenvalue weighted by molar-refractivity contribution is 7.98. The molecular weight excluding hydrogens is 338 g/mol. The number of nitrogens with one attached hydrogen (secondary N) is 1. The molecule has 1 amide bonds. The quantitative estimate of drug-likeness (QED) is 0.231. The number of nitrogens with two attached hydrogens (primary N) is 1. The van der Waals surface area contributed by atoms with Gasteiger partial charge in [-0.25, -0.2) is 5.84 Å². The van der Waals surface area contributed by atoms with E-state index in [2.05, 4.69) is 19.3 Å². The van der Waals surface area contributed by atoms with Gasteiger partial charge < -0.3 is 0 Å². The lowest BCUT2D eigenvalue weighted by molar-refractivity contribution is 0.0952. The zero-order valence-electron chi connectivity index (χ0n) is 15.0. The monoisotopic (exact) mass is 369 g/mol. The van der Waals surface area contributed by atoms with Crippen LogP contribution in [0.5, 0.6) is 0 Å². The largest absolute Gasteiger partial charge is 0.290 e. The molecule has 24 heavy (non-hydrogen) atoms. The van der Waals surface area contributed by atoms with Gasteiger partial charge in [0.25, 0.3) is 5.91 Å². The van der Waals surface area contributed by atoms with E-state index in [-0.39, 0.29) is 5.91 Å². The molecule has 0 atom stereocenters. The number of carbonyl (C=O) groups excluding carboxylic acids is 1. The number of amides is 1. The first-order valence-corrected chi connectivity index (χ1v) is 11.2. The Balaban J connectivity index is 2.61. The van der Waals surface area contributed by atoms with Crippen LogP contribution in [-0.2, 0) is 11.5 Å². The molecule has 0 spiro atoms. The number of hydrazine groups is 1. The van der Waals surface area contributed by atoms with Gasteiger partial charge in [0.2, 0.25) is 0 Å². The van der Waals surface area contributed by atoms with Crippen molar-refractivity contribution < 1.29 is 4.79 Å². The van der Waals surface area contributed by atoms with Crippen molar-refractivity contribution >= 4 is 29.4 Å². The average molecular weight is 370 g/mol. The highest BCUT2D eigenvalue weighted by atomic mass is 32.2. The first kappa shape index (κ1) is 21.3. The molecule has 0 unspecified atom stereocenters. The molecule has 6 heteroatoms. The number of aromatic nitrogens is 1. The molecule has 1 aromatic heterocycles. The van der Waals surface area contributed by atoms with Crippen LogP contribution in [0.2, 0.25) is 0 Å². The number of thioether (sulfide) groups is 2. The number of nitrogens with zero attached hydrogens (tertiary/aromatic N) is 1. The molecule has 0 saturated heterocycles. The van der Waals surface area contributed by atoms with E-state index >= 15 is 0 Å². The summed E-state index contributed by atoms with van der Waals surface area (Å²) < 4.78 is 0. The normalized spacial score (nSPS) is 10.8. The minimum absolute atomic E-state index is 0.256. The number of pyridine rings is 1. The molecule has 0 aliphatic rings. The van der Waals surface area contributed by atoms with Crippen molar-refractivity contribution in [3.8, 4) is 0 Å². The lowest BCUT2D eigenvalue weighted by Gasteiger charge is -2.10. The Bertz CT molecular complexity index is 483. The second-order valence-corrected chi connectivity index (χ2v) is 8.00. The lowest BCUT2D eigenvalue weighted by atomic mass is 10.2. The molecule has 0 fully saturated rings. The van der Waals surface area contributed by atoms with E-state index in [0.717, 1.165) is 28.6 Å². The van der Waals surface area contributed by atoms with Crippen LogP contribution in [-0.4, -0.2) is 22.4 Å². The molecular formula is C18H31N3OS2. The molecule has 0 bridgehead atoms. The summed E-state index contributed by atoms with van der Waals surface area (Å²) in [5.74, 6) is 8.98. The van der Waals surface area contributed by atoms with Gasteiger partial charge in [0, 0.05) is 11.5 Å². The van der Waals surface area contributed by atoms with Crippen LogP contribution in [0.25, 0.3) is 0 Å². The minimum atomic E-state index is -0.256. The number of unbranched alkanes of at least 4 members (excludes halogenated alkanes) is 4. The van der Waals surface area contributed by atoms with Gasteiger partial charge in [-0.2, -0.15) is 23.5 Å². The fourth-order valence-electron chi connectivity index (χ4n) is 2.28. The topological polar surface area (TPSA) is 68.0 Å². The first-order chi connectivity index (χ1) is 11.7. The van der Waals surface area contributed by atoms with Crippen LogP contribution in [0.1, 0.15) is 74.1 Å². The first-order valence-electron chi connectivity index (χ1n) is 8.88. The smallest absolute Gasteiger partial charge is 0.267 e. The molecule has 1 rings (SSSR count). The van der Waals surface area contributed by atoms with Gasteiger partial charge in [-0.05, 0) is 36.5 Å². The van der Waals surface area contributed by atoms with Crippen LogP contribution in [0, 0.1) is 0 Å². The Labute approximate surface area is 155 Å². The van der Waals surface area contributed by atoms with E-state index in [1.54, 1.807) is 0 Å². The molecule has 0 aliphatic heterocycles. The van der Waals surface area contributed by atoms with Crippen LogP contribution in [0.15, 0.2) is 12.1 Å². The molecule has 1 heterocycles. The third kappa shape index (κ3) is 8.40. The molecule has 4 nitrogen and oxygen atoms in total. The third-order valence-electron chi connectivity index (χ3n) is 3.68. The molecule has 0 aromatic carbocycles. The van der Waals surface area contributed by atoms with Crippen LogP contribution in [0.4, 0.5) is 0 Å². The van der Waals surface area contributed by atoms with Crippen molar-refractivity contribution in [3.63, 3.8) is 0 Å². The van der Waals surface area contributed by atoms with E-state index in [4.69, 9.17) is 10.8 Å². The maximum Gasteiger partial charge on any atom is 0.267 e. The Morgan fingerprint density at radius 3 is 2.25 bits per heavy atom. The third-order valence-corrected chi connectivity index (χ3v) is 5.81. The number of carbonyl (C=O) groups is 1. The zero-order valence-corrected chi connectivity index (χ0v) is 16.6. The van der Waals surface area contributed by atoms with Crippen LogP contribution in [0.3, 0.4) is 0 Å². The Kier molecular flexibility index (Phi) is 12.0. The summed E-state index contributed by atoms with van der Waals surface area (Å²) in [5.41, 5.74) is 4.73. The van der Waals surface area contributed by atoms with E-state index in [1.165, 1.54) is 44.3 Å². The number of nitrogen functional groups attached to an aromatic ring is 1. The standard InChI is InChI=1S/C18H31N3OS2/c1-3-5-7-11-23-13-15-9-10-16(18(22)21-19)17(20-15)14-24-12-8-6-4-2/h9-10H,3-8,11-14,19H2,1-2H3,(H,21,22). The van der Waals surface area contributed by atoms with E-state index in [1.807, 2.05) is 35.7 Å². The Morgan fingerprint density at radius 2 is 1.67 bits per heavy atom. The molecule has 0 aliphatic carbocycles. The lowest BCUT2D eigenvalue weighted by Crippen LogP contribution is -2.31. The van der Waals surface area contributed by atoms with Gasteiger partial charge in [0.15, 0.2) is 0 Å². The number of rotatable bonds is 13. The summed E-state index contributed by atoms with van der Waals surface area (Å²) in [7, 11) is 0. The van der Waals surface area contributed by atoms with Gasteiger partial charge in [0.05, 0.1) is 17.0 Å². The number of hydrogen-bond donors (Lipinski definition) is 2. The van der Waals surface area contributed by atoms with Crippen molar-refractivity contribution in [3.05, 3.63) is 29.1 Å². The van der Waals surface area contributed by atoms with Crippen molar-refractivity contribution in [2.45, 2.75) is 63.9 Å². The maximum atomic E-state index is 11.9. The molecule has 0 saturated carbocycles. The predicted molar refractivity (Wildman–Crippen MR) is 107 cm³/mol. The van der Waals surface area contributed by atoms with Crippen molar-refractivity contribution in [1.29, 1.82) is 0 Å². The SMILES string of the molecule is CCCCCSCc1ccc(C(=O)NN)c(CSCCCCC)n1. The maximum absolute atomic E-state index is 11.9. The summed E-state index contributed by atoms with van der Waals surface area (Å²) in [6.45, 7) is 4.43. The molecule has 0 radical (unpaired) electrons. The fourth-order valence-corrected chi connectivity index (χ4v) is 4.16. The van der Waals surface area contributed by atoms with Gasteiger partial charge >= 0.3 is 0 Å². The second-order valence-electron chi connectivity index (χ2n) is 5.79. The van der Waals surface area contributed by atoms with Crippen LogP contribution < -0.4 is 11.3 Å². The Hall–Kier alpha value is -0.720. The van der Waals surface area contributed by atoms with Gasteiger partial charge in [-0.15, -0.1) is 0 Å². The van der Waals surface area contributed by atoms with Gasteiger partial charge in [0.1, 0.15) is 0 Å². The van der Waals surface area contributed by atoms with Crippen LogP contribution >= 0.6 is 23.5 Å². The Morgan fingerprint density at radius 1 is 1.04 bits per heavy atom. The van der Waals surface area contributed by atoms with Gasteiger partial charge in [-0.1, -0.05) is 39.5 Å². The van der Waals surface area contributed by atoms with Crippen molar-refractivity contribution in [1.82, 2.24) is 10.4 Å². The zero-order chi connectivity index (χ0) is 17.6. The summed E-state index contributed by atoms with van der Waals surface area (Å²) in [4.78, 5) is 16.6. The summed E-state index contributed by atoms with van der Waals surface area (Å²) in [6.07, 6.45) is 7.49. The minimum Gasteiger partial charge on any atom is -0.290 e. The predicted octanol–water partition coefficient (Wildman–Crippen LogP) is 4.53. The summed E-state index contributed by atoms with van der Waals surface area (Å²) in [5, 5.41) is 0. The van der Waals surface area contributed by atoms with E-state index in [9.17, 15) is 4.79 Å². The van der Waals surface area contributed by atoms with E-state index in [0.29, 0.717) is 5.56 Å². The van der Waals surface area contributed by atoms with E-state index < -0.39 is 0 Å². The molecule has 1 aromatic rings. The summed E-state index contributed by atoms with van der Waals surface area (Å²) in [6, 6.07) is 3.81. The highest BCUT2D eigenvalue weighted by Gasteiger charge is 2.12. The second kappa shape index (κ2) is 13.6. The highest BCUT2D eigenvalue weighted by Crippen LogP contribution is 2.20. The van der Waals surface area contributed by atoms with Crippen molar-refractivity contribution in [2.24, 2.45) is 5.84 Å². The number of hydrogen-bond acceptors (Lipinski definition) is 5.